The number of methoxy groups -OCH3 is 1. The summed E-state index contributed by atoms with van der Waals surface area (Å²) >= 11 is 0. The number of aryl methyl sites for hydroxylation is 1. The number of nitrogen functional groups attached to an aromatic ring is 1. The molecule has 7 heteroatoms. The molecule has 0 radical (unpaired) electrons. The minimum atomic E-state index is -4.83. The molecule has 4 nitrogen and oxygen atoms in total. The molecule has 0 spiro atoms. The van der Waals surface area contributed by atoms with E-state index in [0.717, 1.165) is 18.7 Å². The summed E-state index contributed by atoms with van der Waals surface area (Å²) in [6.07, 6.45) is -4.83. The SMILES string of the molecule is COC(=O)c1c(C(F)(F)F)cc(-c2cccc(C)c2)c(C#N)c1N. The molecule has 2 rings (SSSR count). The van der Waals surface area contributed by atoms with E-state index < -0.39 is 29.0 Å². The van der Waals surface area contributed by atoms with E-state index >= 15 is 0 Å². The largest absolute Gasteiger partial charge is 0.465 e. The molecule has 0 saturated heterocycles. The van der Waals surface area contributed by atoms with Crippen LogP contribution in [0.5, 0.6) is 0 Å². The normalized spacial score (nSPS) is 11.0. The second kappa shape index (κ2) is 6.24. The van der Waals surface area contributed by atoms with Gasteiger partial charge in [-0.25, -0.2) is 4.79 Å². The molecule has 2 aromatic rings. The minimum absolute atomic E-state index is 0.0127. The highest BCUT2D eigenvalue weighted by Crippen LogP contribution is 2.40. The first-order chi connectivity index (χ1) is 11.2. The smallest absolute Gasteiger partial charge is 0.417 e. The number of hydrogen-bond acceptors (Lipinski definition) is 4. The van der Waals surface area contributed by atoms with Crippen molar-refractivity contribution in [1.82, 2.24) is 0 Å². The Morgan fingerprint density at radius 3 is 2.46 bits per heavy atom. The van der Waals surface area contributed by atoms with E-state index in [2.05, 4.69) is 4.74 Å². The molecule has 0 saturated carbocycles. The van der Waals surface area contributed by atoms with Crippen molar-refractivity contribution in [1.29, 1.82) is 5.26 Å². The Kier molecular flexibility index (Phi) is 4.51. The van der Waals surface area contributed by atoms with E-state index in [1.165, 1.54) is 0 Å². The summed E-state index contributed by atoms with van der Waals surface area (Å²) in [5.74, 6) is -1.24. The Balaban J connectivity index is 2.91. The Bertz CT molecular complexity index is 852. The van der Waals surface area contributed by atoms with Gasteiger partial charge in [0, 0.05) is 5.56 Å². The molecule has 124 valence electrons. The molecular formula is C17H13F3N2O2. The quantitative estimate of drug-likeness (QED) is 0.667. The van der Waals surface area contributed by atoms with E-state index in [0.29, 0.717) is 5.56 Å². The average Bonchev–Trinajstić information content (AvgIpc) is 2.52. The highest BCUT2D eigenvalue weighted by Gasteiger charge is 2.38. The van der Waals surface area contributed by atoms with E-state index in [1.54, 1.807) is 37.3 Å². The van der Waals surface area contributed by atoms with E-state index in [4.69, 9.17) is 5.73 Å². The summed E-state index contributed by atoms with van der Waals surface area (Å²) in [6.45, 7) is 1.77. The fraction of sp³-hybridized carbons (Fsp3) is 0.176. The van der Waals surface area contributed by atoms with Gasteiger partial charge in [-0.05, 0) is 18.6 Å². The maximum atomic E-state index is 13.4. The Hall–Kier alpha value is -3.01. The fourth-order valence-corrected chi connectivity index (χ4v) is 2.41. The number of anilines is 1. The molecule has 0 atom stereocenters. The van der Waals surface area contributed by atoms with Crippen molar-refractivity contribution in [3.05, 3.63) is 52.6 Å². The van der Waals surface area contributed by atoms with Crippen LogP contribution in [0.4, 0.5) is 18.9 Å². The number of hydrogen-bond donors (Lipinski definition) is 1. The zero-order valence-corrected chi connectivity index (χ0v) is 12.9. The van der Waals surface area contributed by atoms with Gasteiger partial charge in [-0.2, -0.15) is 18.4 Å². The molecule has 0 aliphatic rings. The van der Waals surface area contributed by atoms with Crippen molar-refractivity contribution in [2.75, 3.05) is 12.8 Å². The van der Waals surface area contributed by atoms with Gasteiger partial charge in [0.15, 0.2) is 0 Å². The highest BCUT2D eigenvalue weighted by molar-refractivity contribution is 6.00. The minimum Gasteiger partial charge on any atom is -0.465 e. The van der Waals surface area contributed by atoms with Crippen LogP contribution in [0.3, 0.4) is 0 Å². The van der Waals surface area contributed by atoms with Crippen molar-refractivity contribution in [3.8, 4) is 17.2 Å². The van der Waals surface area contributed by atoms with Gasteiger partial charge in [-0.3, -0.25) is 0 Å². The zero-order chi connectivity index (χ0) is 18.1. The number of ether oxygens (including phenoxy) is 1. The number of halogens is 3. The van der Waals surface area contributed by atoms with Crippen LogP contribution in [0.25, 0.3) is 11.1 Å². The molecule has 24 heavy (non-hydrogen) atoms. The van der Waals surface area contributed by atoms with Gasteiger partial charge < -0.3 is 10.5 Å². The van der Waals surface area contributed by atoms with Crippen LogP contribution < -0.4 is 5.73 Å². The summed E-state index contributed by atoms with van der Waals surface area (Å²) in [7, 11) is 0.947. The van der Waals surface area contributed by atoms with Gasteiger partial charge in [-0.1, -0.05) is 29.8 Å². The maximum Gasteiger partial charge on any atom is 0.417 e. The Morgan fingerprint density at radius 2 is 1.96 bits per heavy atom. The van der Waals surface area contributed by atoms with Gasteiger partial charge in [0.1, 0.15) is 6.07 Å². The molecule has 2 N–H and O–H groups in total. The molecule has 0 fully saturated rings. The summed E-state index contributed by atoms with van der Waals surface area (Å²) in [4.78, 5) is 11.8. The molecule has 0 amide bonds. The van der Waals surface area contributed by atoms with Crippen LogP contribution in [0, 0.1) is 18.3 Å². The molecule has 0 heterocycles. The van der Waals surface area contributed by atoms with Crippen LogP contribution >= 0.6 is 0 Å². The number of nitrogens with zero attached hydrogens (tertiary/aromatic N) is 1. The molecule has 2 aromatic carbocycles. The summed E-state index contributed by atoms with van der Waals surface area (Å²) < 4.78 is 44.6. The molecule has 0 aliphatic carbocycles. The summed E-state index contributed by atoms with van der Waals surface area (Å²) in [6, 6.07) is 9.17. The van der Waals surface area contributed by atoms with Crippen molar-refractivity contribution in [2.24, 2.45) is 0 Å². The number of carbonyl (C=O) groups is 1. The number of nitrogens with two attached hydrogens (primary N) is 1. The second-order valence-corrected chi connectivity index (χ2v) is 5.11. The average molecular weight is 334 g/mol. The Labute approximate surface area is 136 Å². The molecule has 0 aromatic heterocycles. The third-order valence-electron chi connectivity index (χ3n) is 3.50. The number of benzene rings is 2. The standard InChI is InChI=1S/C17H13F3N2O2/c1-9-4-3-5-10(6-9)11-7-13(17(18,19)20)14(16(23)24-2)15(22)12(11)8-21/h3-7H,22H2,1-2H3. The van der Waals surface area contributed by atoms with Gasteiger partial charge in [0.25, 0.3) is 0 Å². The van der Waals surface area contributed by atoms with Crippen molar-refractivity contribution >= 4 is 11.7 Å². The lowest BCUT2D eigenvalue weighted by atomic mass is 9.91. The predicted octanol–water partition coefficient (Wildman–Crippen LogP) is 3.92. The third-order valence-corrected chi connectivity index (χ3v) is 3.50. The number of carbonyl (C=O) groups excluding carboxylic acids is 1. The number of alkyl halides is 3. The molecule has 0 aliphatic heterocycles. The van der Waals surface area contributed by atoms with Gasteiger partial charge in [0.2, 0.25) is 0 Å². The van der Waals surface area contributed by atoms with Crippen molar-refractivity contribution < 1.29 is 22.7 Å². The zero-order valence-electron chi connectivity index (χ0n) is 12.9. The lowest BCUT2D eigenvalue weighted by Gasteiger charge is -2.18. The van der Waals surface area contributed by atoms with Gasteiger partial charge in [0.05, 0.1) is 29.5 Å². The monoisotopic (exact) mass is 334 g/mol. The number of esters is 1. The van der Waals surface area contributed by atoms with Gasteiger partial charge >= 0.3 is 12.1 Å². The van der Waals surface area contributed by atoms with E-state index in [1.807, 2.05) is 0 Å². The first kappa shape index (κ1) is 17.3. The van der Waals surface area contributed by atoms with Crippen LogP contribution in [0.15, 0.2) is 30.3 Å². The maximum absolute atomic E-state index is 13.4. The second-order valence-electron chi connectivity index (χ2n) is 5.11. The number of rotatable bonds is 2. The topological polar surface area (TPSA) is 76.1 Å². The molecule has 0 unspecified atom stereocenters. The van der Waals surface area contributed by atoms with Crippen LogP contribution in [-0.4, -0.2) is 13.1 Å². The Morgan fingerprint density at radius 1 is 1.29 bits per heavy atom. The third kappa shape index (κ3) is 3.04. The first-order valence-corrected chi connectivity index (χ1v) is 6.79. The van der Waals surface area contributed by atoms with Crippen LogP contribution in [-0.2, 0) is 10.9 Å². The first-order valence-electron chi connectivity index (χ1n) is 6.79. The van der Waals surface area contributed by atoms with E-state index in [9.17, 15) is 23.2 Å². The summed E-state index contributed by atoms with van der Waals surface area (Å²) in [5.41, 5.74) is 4.11. The lowest BCUT2D eigenvalue weighted by molar-refractivity contribution is -0.138. The van der Waals surface area contributed by atoms with E-state index in [-0.39, 0.29) is 11.1 Å². The highest BCUT2D eigenvalue weighted by atomic mass is 19.4. The van der Waals surface area contributed by atoms with Gasteiger partial charge in [-0.15, -0.1) is 0 Å². The van der Waals surface area contributed by atoms with Crippen LogP contribution in [0.2, 0.25) is 0 Å². The van der Waals surface area contributed by atoms with Crippen molar-refractivity contribution in [3.63, 3.8) is 0 Å². The molecule has 0 bridgehead atoms. The predicted molar refractivity (Wildman–Crippen MR) is 82.1 cm³/mol. The fourth-order valence-electron chi connectivity index (χ4n) is 2.41. The van der Waals surface area contributed by atoms with Crippen molar-refractivity contribution in [2.45, 2.75) is 13.1 Å². The molecular weight excluding hydrogens is 321 g/mol. The summed E-state index contributed by atoms with van der Waals surface area (Å²) in [5, 5.41) is 9.34. The van der Waals surface area contributed by atoms with Crippen LogP contribution in [0.1, 0.15) is 27.0 Å². The lowest BCUT2D eigenvalue weighted by Crippen LogP contribution is -2.18. The number of nitriles is 1.